The molecule has 1 N–H and O–H groups in total. The zero-order valence-corrected chi connectivity index (χ0v) is 12.7. The fraction of sp³-hybridized carbons (Fsp3) is 0.188. The van der Waals surface area contributed by atoms with Crippen molar-refractivity contribution in [3.8, 4) is 6.07 Å². The van der Waals surface area contributed by atoms with Gasteiger partial charge in [-0.1, -0.05) is 24.3 Å². The maximum absolute atomic E-state index is 12.2. The molecule has 5 heteroatoms. The van der Waals surface area contributed by atoms with E-state index in [2.05, 4.69) is 4.72 Å². The van der Waals surface area contributed by atoms with Crippen LogP contribution in [0.25, 0.3) is 0 Å². The number of rotatable bonds is 4. The van der Waals surface area contributed by atoms with Crippen LogP contribution in [0.15, 0.2) is 42.5 Å². The largest absolute Gasteiger partial charge is 0.283 e. The van der Waals surface area contributed by atoms with Crippen molar-refractivity contribution < 1.29 is 8.42 Å². The third-order valence-electron chi connectivity index (χ3n) is 3.10. The first kappa shape index (κ1) is 15.1. The van der Waals surface area contributed by atoms with E-state index < -0.39 is 10.0 Å². The molecule has 0 aromatic heterocycles. The highest BCUT2D eigenvalue weighted by Gasteiger charge is 2.13. The van der Waals surface area contributed by atoms with Gasteiger partial charge in [0.15, 0.2) is 0 Å². The fourth-order valence-corrected chi connectivity index (χ4v) is 3.20. The van der Waals surface area contributed by atoms with Gasteiger partial charge in [0.25, 0.3) is 0 Å². The van der Waals surface area contributed by atoms with Crippen molar-refractivity contribution in [3.05, 3.63) is 64.7 Å². The third kappa shape index (κ3) is 4.07. The van der Waals surface area contributed by atoms with E-state index in [9.17, 15) is 8.42 Å². The van der Waals surface area contributed by atoms with Gasteiger partial charge in [-0.15, -0.1) is 0 Å². The Hall–Kier alpha value is -2.32. The van der Waals surface area contributed by atoms with Crippen molar-refractivity contribution in [3.63, 3.8) is 0 Å². The molecule has 108 valence electrons. The van der Waals surface area contributed by atoms with Gasteiger partial charge < -0.3 is 0 Å². The second-order valence-electron chi connectivity index (χ2n) is 4.99. The first-order valence-corrected chi connectivity index (χ1v) is 8.11. The van der Waals surface area contributed by atoms with Crippen LogP contribution in [0.1, 0.15) is 22.3 Å². The number of aryl methyl sites for hydroxylation is 2. The molecule has 0 aliphatic heterocycles. The van der Waals surface area contributed by atoms with Gasteiger partial charge >= 0.3 is 0 Å². The zero-order valence-electron chi connectivity index (χ0n) is 11.9. The molecule has 0 saturated heterocycles. The molecule has 0 fully saturated rings. The van der Waals surface area contributed by atoms with E-state index in [0.29, 0.717) is 16.8 Å². The summed E-state index contributed by atoms with van der Waals surface area (Å²) in [6.45, 7) is 3.77. The van der Waals surface area contributed by atoms with Crippen LogP contribution in [0.4, 0.5) is 5.69 Å². The molecule has 0 spiro atoms. The molecule has 0 unspecified atom stereocenters. The van der Waals surface area contributed by atoms with Crippen LogP contribution >= 0.6 is 0 Å². The minimum atomic E-state index is -3.48. The van der Waals surface area contributed by atoms with Gasteiger partial charge in [-0.2, -0.15) is 5.26 Å². The van der Waals surface area contributed by atoms with Gasteiger partial charge in [0.1, 0.15) is 0 Å². The van der Waals surface area contributed by atoms with Gasteiger partial charge in [0.05, 0.1) is 23.1 Å². The average Bonchev–Trinajstić information content (AvgIpc) is 2.43. The van der Waals surface area contributed by atoms with E-state index in [1.807, 2.05) is 38.1 Å². The van der Waals surface area contributed by atoms with E-state index in [1.165, 1.54) is 0 Å². The summed E-state index contributed by atoms with van der Waals surface area (Å²) >= 11 is 0. The van der Waals surface area contributed by atoms with Crippen LogP contribution in [-0.2, 0) is 15.8 Å². The normalized spacial score (nSPS) is 10.9. The molecule has 21 heavy (non-hydrogen) atoms. The van der Waals surface area contributed by atoms with E-state index in [1.54, 1.807) is 24.3 Å². The van der Waals surface area contributed by atoms with Crippen molar-refractivity contribution in [2.75, 3.05) is 4.72 Å². The van der Waals surface area contributed by atoms with Gasteiger partial charge in [-0.3, -0.25) is 4.72 Å². The lowest BCUT2D eigenvalue weighted by atomic mass is 10.1. The van der Waals surface area contributed by atoms with Gasteiger partial charge in [0.2, 0.25) is 10.0 Å². The lowest BCUT2D eigenvalue weighted by Crippen LogP contribution is -2.15. The Morgan fingerprint density at radius 3 is 2.38 bits per heavy atom. The van der Waals surface area contributed by atoms with Crippen LogP contribution in [0.5, 0.6) is 0 Å². The summed E-state index contributed by atoms with van der Waals surface area (Å²) in [5, 5.41) is 8.73. The van der Waals surface area contributed by atoms with Crippen molar-refractivity contribution in [2.24, 2.45) is 0 Å². The summed E-state index contributed by atoms with van der Waals surface area (Å²) in [6, 6.07) is 14.2. The predicted molar refractivity (Wildman–Crippen MR) is 83.3 cm³/mol. The minimum Gasteiger partial charge on any atom is -0.283 e. The maximum atomic E-state index is 12.2. The van der Waals surface area contributed by atoms with Crippen LogP contribution in [0, 0.1) is 25.2 Å². The molecule has 4 nitrogen and oxygen atoms in total. The lowest BCUT2D eigenvalue weighted by Gasteiger charge is -2.11. The molecular formula is C16H16N2O2S. The summed E-state index contributed by atoms with van der Waals surface area (Å²) in [5.41, 5.74) is 3.63. The van der Waals surface area contributed by atoms with E-state index in [-0.39, 0.29) is 5.75 Å². The number of nitrogens with zero attached hydrogens (tertiary/aromatic N) is 1. The molecule has 2 rings (SSSR count). The highest BCUT2D eigenvalue weighted by molar-refractivity contribution is 7.91. The smallest absolute Gasteiger partial charge is 0.236 e. The molecule has 0 heterocycles. The fourth-order valence-electron chi connectivity index (χ4n) is 1.94. The van der Waals surface area contributed by atoms with Crippen molar-refractivity contribution in [1.29, 1.82) is 5.26 Å². The van der Waals surface area contributed by atoms with Crippen molar-refractivity contribution in [2.45, 2.75) is 19.6 Å². The van der Waals surface area contributed by atoms with Crippen LogP contribution < -0.4 is 4.72 Å². The zero-order chi connectivity index (χ0) is 15.5. The Morgan fingerprint density at radius 2 is 1.76 bits per heavy atom. The summed E-state index contributed by atoms with van der Waals surface area (Å²) < 4.78 is 27.0. The van der Waals surface area contributed by atoms with Gasteiger partial charge in [-0.05, 0) is 48.7 Å². The van der Waals surface area contributed by atoms with E-state index in [4.69, 9.17) is 5.26 Å². The molecule has 2 aromatic rings. The lowest BCUT2D eigenvalue weighted by molar-refractivity contribution is 0.600. The van der Waals surface area contributed by atoms with Crippen LogP contribution in [0.2, 0.25) is 0 Å². The maximum Gasteiger partial charge on any atom is 0.236 e. The first-order valence-electron chi connectivity index (χ1n) is 6.46. The number of hydrogen-bond acceptors (Lipinski definition) is 3. The molecule has 0 atom stereocenters. The van der Waals surface area contributed by atoms with Crippen LogP contribution in [-0.4, -0.2) is 8.42 Å². The van der Waals surface area contributed by atoms with E-state index in [0.717, 1.165) is 11.1 Å². The molecule has 0 amide bonds. The van der Waals surface area contributed by atoms with Crippen molar-refractivity contribution in [1.82, 2.24) is 0 Å². The number of anilines is 1. The molecule has 0 aliphatic rings. The minimum absolute atomic E-state index is 0.119. The SMILES string of the molecule is Cc1ccc(C)c(NS(=O)(=O)Cc2ccc(C#N)cc2)c1. The number of nitrogens with one attached hydrogen (secondary N) is 1. The standard InChI is InChI=1S/C16H16N2O2S/c1-12-3-4-13(2)16(9-12)18-21(19,20)11-15-7-5-14(10-17)6-8-15/h3-9,18H,11H2,1-2H3. The topological polar surface area (TPSA) is 70.0 Å². The number of sulfonamides is 1. The van der Waals surface area contributed by atoms with Crippen LogP contribution in [0.3, 0.4) is 0 Å². The molecule has 0 radical (unpaired) electrons. The van der Waals surface area contributed by atoms with Gasteiger partial charge in [-0.25, -0.2) is 8.42 Å². The Morgan fingerprint density at radius 1 is 1.10 bits per heavy atom. The number of nitriles is 1. The quantitative estimate of drug-likeness (QED) is 0.943. The number of benzene rings is 2. The Bertz CT molecular complexity index is 788. The Labute approximate surface area is 125 Å². The molecule has 0 bridgehead atoms. The van der Waals surface area contributed by atoms with E-state index >= 15 is 0 Å². The summed E-state index contributed by atoms with van der Waals surface area (Å²) in [4.78, 5) is 0. The summed E-state index contributed by atoms with van der Waals surface area (Å²) in [7, 11) is -3.48. The predicted octanol–water partition coefficient (Wildman–Crippen LogP) is 3.12. The molecule has 0 saturated carbocycles. The molecule has 0 aliphatic carbocycles. The second-order valence-corrected chi connectivity index (χ2v) is 6.71. The third-order valence-corrected chi connectivity index (χ3v) is 4.34. The average molecular weight is 300 g/mol. The Balaban J connectivity index is 2.18. The Kier molecular flexibility index (Phi) is 4.29. The number of hydrogen-bond donors (Lipinski definition) is 1. The van der Waals surface area contributed by atoms with Gasteiger partial charge in [0, 0.05) is 0 Å². The first-order chi connectivity index (χ1) is 9.89. The van der Waals surface area contributed by atoms with Crippen molar-refractivity contribution >= 4 is 15.7 Å². The summed E-state index contributed by atoms with van der Waals surface area (Å²) in [5.74, 6) is -0.119. The summed E-state index contributed by atoms with van der Waals surface area (Å²) in [6.07, 6.45) is 0. The second kappa shape index (κ2) is 5.98. The molecular weight excluding hydrogens is 284 g/mol. The highest BCUT2D eigenvalue weighted by atomic mass is 32.2. The highest BCUT2D eigenvalue weighted by Crippen LogP contribution is 2.19. The monoisotopic (exact) mass is 300 g/mol. The molecule has 2 aromatic carbocycles.